The van der Waals surface area contributed by atoms with Gasteiger partial charge in [-0.1, -0.05) is 0 Å². The number of hydrogen-bond donors (Lipinski definition) is 2. The Kier molecular flexibility index (Phi) is 7.13. The zero-order valence-corrected chi connectivity index (χ0v) is 15.0. The Balaban J connectivity index is 1.77. The third-order valence-corrected chi connectivity index (χ3v) is 3.67. The van der Waals surface area contributed by atoms with Gasteiger partial charge in [0.1, 0.15) is 5.75 Å². The SMILES string of the molecule is CC(C)NC(=O)COc1ccc(C=NNC(=O)C(=O)N2CCCC2)cc1. The van der Waals surface area contributed by atoms with Crippen molar-refractivity contribution < 1.29 is 19.1 Å². The van der Waals surface area contributed by atoms with Gasteiger partial charge in [-0.25, -0.2) is 5.43 Å². The van der Waals surface area contributed by atoms with Gasteiger partial charge in [-0.15, -0.1) is 0 Å². The van der Waals surface area contributed by atoms with E-state index in [0.717, 1.165) is 18.4 Å². The Morgan fingerprint density at radius 1 is 1.19 bits per heavy atom. The van der Waals surface area contributed by atoms with Gasteiger partial charge in [0.05, 0.1) is 6.21 Å². The molecule has 1 aliphatic rings. The lowest BCUT2D eigenvalue weighted by Gasteiger charge is -2.12. The number of nitrogens with one attached hydrogen (secondary N) is 2. The second kappa shape index (κ2) is 9.55. The molecule has 1 fully saturated rings. The van der Waals surface area contributed by atoms with E-state index in [2.05, 4.69) is 15.8 Å². The summed E-state index contributed by atoms with van der Waals surface area (Å²) in [6.45, 7) is 4.94. The van der Waals surface area contributed by atoms with Crippen LogP contribution in [0.4, 0.5) is 0 Å². The van der Waals surface area contributed by atoms with Crippen molar-refractivity contribution in [2.24, 2.45) is 5.10 Å². The molecule has 0 aromatic heterocycles. The normalized spacial score (nSPS) is 13.9. The zero-order valence-electron chi connectivity index (χ0n) is 15.0. The summed E-state index contributed by atoms with van der Waals surface area (Å²) in [5.74, 6) is -0.923. The minimum absolute atomic E-state index is 0.0553. The Labute approximate surface area is 152 Å². The van der Waals surface area contributed by atoms with Crippen LogP contribution in [0.1, 0.15) is 32.3 Å². The zero-order chi connectivity index (χ0) is 18.9. The largest absolute Gasteiger partial charge is 0.484 e. The van der Waals surface area contributed by atoms with Gasteiger partial charge in [-0.2, -0.15) is 5.10 Å². The molecule has 0 bridgehead atoms. The summed E-state index contributed by atoms with van der Waals surface area (Å²) in [5.41, 5.74) is 2.96. The van der Waals surface area contributed by atoms with Crippen molar-refractivity contribution in [1.29, 1.82) is 0 Å². The molecule has 2 rings (SSSR count). The fourth-order valence-electron chi connectivity index (χ4n) is 2.44. The number of amides is 3. The molecule has 8 nitrogen and oxygen atoms in total. The van der Waals surface area contributed by atoms with Crippen molar-refractivity contribution in [3.63, 3.8) is 0 Å². The van der Waals surface area contributed by atoms with Crippen molar-refractivity contribution in [1.82, 2.24) is 15.6 Å². The van der Waals surface area contributed by atoms with E-state index >= 15 is 0 Å². The van der Waals surface area contributed by atoms with Crippen LogP contribution in [0.5, 0.6) is 5.75 Å². The summed E-state index contributed by atoms with van der Waals surface area (Å²) in [6, 6.07) is 6.92. The lowest BCUT2D eigenvalue weighted by atomic mass is 10.2. The van der Waals surface area contributed by atoms with Crippen molar-refractivity contribution in [2.45, 2.75) is 32.7 Å². The van der Waals surface area contributed by atoms with E-state index in [9.17, 15) is 14.4 Å². The molecule has 1 aliphatic heterocycles. The van der Waals surface area contributed by atoms with Crippen LogP contribution in [0.3, 0.4) is 0 Å². The van der Waals surface area contributed by atoms with Gasteiger partial charge in [0.25, 0.3) is 5.91 Å². The topological polar surface area (TPSA) is 100 Å². The first-order valence-electron chi connectivity index (χ1n) is 8.60. The molecule has 1 aromatic rings. The number of hydrazone groups is 1. The van der Waals surface area contributed by atoms with Crippen molar-refractivity contribution in [2.75, 3.05) is 19.7 Å². The van der Waals surface area contributed by atoms with Gasteiger partial charge in [0.2, 0.25) is 0 Å². The number of likely N-dealkylation sites (tertiary alicyclic amines) is 1. The number of carbonyl (C=O) groups excluding carboxylic acids is 3. The lowest BCUT2D eigenvalue weighted by molar-refractivity contribution is -0.145. The molecule has 8 heteroatoms. The van der Waals surface area contributed by atoms with Gasteiger partial charge in [-0.3, -0.25) is 14.4 Å². The smallest absolute Gasteiger partial charge is 0.329 e. The van der Waals surface area contributed by atoms with Crippen LogP contribution in [0.2, 0.25) is 0 Å². The summed E-state index contributed by atoms with van der Waals surface area (Å²) in [6.07, 6.45) is 3.29. The minimum Gasteiger partial charge on any atom is -0.484 e. The van der Waals surface area contributed by atoms with Crippen LogP contribution < -0.4 is 15.5 Å². The molecule has 140 valence electrons. The fraction of sp³-hybridized carbons (Fsp3) is 0.444. The van der Waals surface area contributed by atoms with E-state index in [-0.39, 0.29) is 18.6 Å². The molecule has 1 heterocycles. The van der Waals surface area contributed by atoms with E-state index in [4.69, 9.17) is 4.74 Å². The summed E-state index contributed by atoms with van der Waals surface area (Å²) in [7, 11) is 0. The maximum atomic E-state index is 11.8. The number of ether oxygens (including phenoxy) is 1. The molecule has 1 saturated heterocycles. The second-order valence-electron chi connectivity index (χ2n) is 6.28. The Morgan fingerprint density at radius 2 is 1.85 bits per heavy atom. The molecular formula is C18H24N4O4. The predicted octanol–water partition coefficient (Wildman–Crippen LogP) is 0.662. The lowest BCUT2D eigenvalue weighted by Crippen LogP contribution is -2.39. The van der Waals surface area contributed by atoms with Crippen LogP contribution in [-0.4, -0.2) is 54.6 Å². The van der Waals surface area contributed by atoms with Gasteiger partial charge >= 0.3 is 11.8 Å². The average molecular weight is 360 g/mol. The third-order valence-electron chi connectivity index (χ3n) is 3.67. The van der Waals surface area contributed by atoms with Crippen LogP contribution in [-0.2, 0) is 14.4 Å². The highest BCUT2D eigenvalue weighted by atomic mass is 16.5. The maximum absolute atomic E-state index is 11.8. The second-order valence-corrected chi connectivity index (χ2v) is 6.28. The number of carbonyl (C=O) groups is 3. The average Bonchev–Trinajstić information content (AvgIpc) is 3.14. The van der Waals surface area contributed by atoms with E-state index in [1.807, 2.05) is 13.8 Å². The highest BCUT2D eigenvalue weighted by molar-refractivity contribution is 6.35. The molecule has 2 N–H and O–H groups in total. The molecule has 0 radical (unpaired) electrons. The number of benzene rings is 1. The summed E-state index contributed by atoms with van der Waals surface area (Å²) in [4.78, 5) is 36.6. The predicted molar refractivity (Wildman–Crippen MR) is 96.8 cm³/mol. The van der Waals surface area contributed by atoms with Gasteiger partial charge in [0, 0.05) is 19.1 Å². The van der Waals surface area contributed by atoms with Crippen LogP contribution in [0.25, 0.3) is 0 Å². The first-order valence-corrected chi connectivity index (χ1v) is 8.60. The van der Waals surface area contributed by atoms with Crippen molar-refractivity contribution >= 4 is 23.9 Å². The number of hydrogen-bond acceptors (Lipinski definition) is 5. The molecule has 0 aliphatic carbocycles. The molecule has 26 heavy (non-hydrogen) atoms. The molecule has 0 spiro atoms. The van der Waals surface area contributed by atoms with E-state index in [1.54, 1.807) is 24.3 Å². The summed E-state index contributed by atoms with van der Waals surface area (Å²) in [5, 5.41) is 6.53. The quantitative estimate of drug-likeness (QED) is 0.442. The molecular weight excluding hydrogens is 336 g/mol. The Hall–Kier alpha value is -2.90. The van der Waals surface area contributed by atoms with Gasteiger partial charge < -0.3 is 15.0 Å². The monoisotopic (exact) mass is 360 g/mol. The maximum Gasteiger partial charge on any atom is 0.329 e. The molecule has 0 unspecified atom stereocenters. The van der Waals surface area contributed by atoms with E-state index in [1.165, 1.54) is 11.1 Å². The Morgan fingerprint density at radius 3 is 2.46 bits per heavy atom. The van der Waals surface area contributed by atoms with Gasteiger partial charge in [-0.05, 0) is 56.5 Å². The Bertz CT molecular complexity index is 664. The van der Waals surface area contributed by atoms with Crippen LogP contribution in [0, 0.1) is 0 Å². The molecule has 1 aromatic carbocycles. The van der Waals surface area contributed by atoms with Crippen LogP contribution in [0.15, 0.2) is 29.4 Å². The van der Waals surface area contributed by atoms with Crippen molar-refractivity contribution in [3.8, 4) is 5.75 Å². The number of rotatable bonds is 6. The van der Waals surface area contributed by atoms with E-state index in [0.29, 0.717) is 18.8 Å². The minimum atomic E-state index is -0.737. The fourth-order valence-corrected chi connectivity index (χ4v) is 2.44. The highest BCUT2D eigenvalue weighted by Gasteiger charge is 2.23. The first kappa shape index (κ1) is 19.4. The highest BCUT2D eigenvalue weighted by Crippen LogP contribution is 2.11. The van der Waals surface area contributed by atoms with E-state index < -0.39 is 11.8 Å². The third kappa shape index (κ3) is 6.19. The van der Waals surface area contributed by atoms with Crippen LogP contribution >= 0.6 is 0 Å². The molecule has 3 amide bonds. The summed E-state index contributed by atoms with van der Waals surface area (Å²) < 4.78 is 5.38. The van der Waals surface area contributed by atoms with Gasteiger partial charge in [0.15, 0.2) is 6.61 Å². The van der Waals surface area contributed by atoms with Crippen molar-refractivity contribution in [3.05, 3.63) is 29.8 Å². The first-order chi connectivity index (χ1) is 12.5. The number of nitrogens with zero attached hydrogens (tertiary/aromatic N) is 2. The molecule has 0 saturated carbocycles. The standard InChI is InChI=1S/C18H24N4O4/c1-13(2)20-16(23)12-26-15-7-5-14(6-8-15)11-19-21-17(24)18(25)22-9-3-4-10-22/h5-8,11,13H,3-4,9-10,12H2,1-2H3,(H,20,23)(H,21,24). The summed E-state index contributed by atoms with van der Waals surface area (Å²) >= 11 is 0. The molecule has 0 atom stereocenters.